The van der Waals surface area contributed by atoms with Crippen LogP contribution < -0.4 is 10.1 Å². The van der Waals surface area contributed by atoms with Crippen LogP contribution in [0.3, 0.4) is 0 Å². The molecule has 192 valence electrons. The van der Waals surface area contributed by atoms with Gasteiger partial charge < -0.3 is 24.1 Å². The fraction of sp³-hybridized carbons (Fsp3) is 0.348. The quantitative estimate of drug-likeness (QED) is 0.258. The molecule has 10 nitrogen and oxygen atoms in total. The van der Waals surface area contributed by atoms with Crippen molar-refractivity contribution < 1.29 is 28.6 Å². The number of halogens is 1. The number of thiophene rings is 1. The molecule has 0 aliphatic heterocycles. The molecule has 36 heavy (non-hydrogen) atoms. The van der Waals surface area contributed by atoms with Crippen molar-refractivity contribution in [2.75, 3.05) is 25.3 Å². The molecular weight excluding hydrogens is 572 g/mol. The summed E-state index contributed by atoms with van der Waals surface area (Å²) in [6.07, 6.45) is -0.366. The monoisotopic (exact) mass is 596 g/mol. The standard InChI is InChI=1S/C23H25BrN4O6S2/c1-6-28-19(13(3)34-15-9-7-14(24)8-10-15)26-27-23(28)35-11-16(29)25-20-17(21(30)32-4)12(2)18(36-20)22(31)33-5/h7-10,13H,6,11H2,1-5H3,(H,25,29). The SMILES string of the molecule is CCn1c(SCC(=O)Nc2sc(C(=O)OC)c(C)c2C(=O)OC)nnc1C(C)Oc1ccc(Br)cc1. The summed E-state index contributed by atoms with van der Waals surface area (Å²) in [6.45, 7) is 6.02. The van der Waals surface area contributed by atoms with Gasteiger partial charge in [-0.2, -0.15) is 0 Å². The first-order valence-electron chi connectivity index (χ1n) is 10.8. The van der Waals surface area contributed by atoms with Gasteiger partial charge in [-0.3, -0.25) is 4.79 Å². The summed E-state index contributed by atoms with van der Waals surface area (Å²) in [7, 11) is 2.48. The molecule has 2 aromatic heterocycles. The Bertz CT molecular complexity index is 1260. The van der Waals surface area contributed by atoms with Gasteiger partial charge in [0.2, 0.25) is 5.91 Å². The van der Waals surface area contributed by atoms with Gasteiger partial charge in [-0.25, -0.2) is 9.59 Å². The molecule has 0 fully saturated rings. The van der Waals surface area contributed by atoms with E-state index in [4.69, 9.17) is 14.2 Å². The normalized spacial score (nSPS) is 11.6. The molecule has 2 heterocycles. The Morgan fingerprint density at radius 3 is 2.42 bits per heavy atom. The van der Waals surface area contributed by atoms with E-state index in [0.717, 1.165) is 15.8 Å². The molecule has 1 amide bonds. The van der Waals surface area contributed by atoms with Crippen LogP contribution in [0, 0.1) is 6.92 Å². The Morgan fingerprint density at radius 2 is 1.81 bits per heavy atom. The predicted octanol–water partition coefficient (Wildman–Crippen LogP) is 4.87. The molecule has 0 saturated heterocycles. The largest absolute Gasteiger partial charge is 0.483 e. The maximum atomic E-state index is 12.7. The van der Waals surface area contributed by atoms with E-state index in [1.807, 2.05) is 42.7 Å². The van der Waals surface area contributed by atoms with E-state index in [0.29, 0.717) is 28.8 Å². The zero-order chi connectivity index (χ0) is 26.4. The highest BCUT2D eigenvalue weighted by molar-refractivity contribution is 9.10. The zero-order valence-corrected chi connectivity index (χ0v) is 23.5. The summed E-state index contributed by atoms with van der Waals surface area (Å²) in [5.74, 6) is -0.297. The fourth-order valence-corrected chi connectivity index (χ4v) is 5.51. The molecule has 0 radical (unpaired) electrons. The molecule has 0 bridgehead atoms. The van der Waals surface area contributed by atoms with Crippen LogP contribution in [0.5, 0.6) is 5.75 Å². The number of methoxy groups -OCH3 is 2. The van der Waals surface area contributed by atoms with Crippen LogP contribution in [-0.2, 0) is 20.8 Å². The lowest BCUT2D eigenvalue weighted by atomic mass is 10.1. The number of carbonyl (C=O) groups excluding carboxylic acids is 3. The Balaban J connectivity index is 1.71. The maximum Gasteiger partial charge on any atom is 0.348 e. The number of ether oxygens (including phenoxy) is 3. The Kier molecular flexibility index (Phi) is 9.51. The Morgan fingerprint density at radius 1 is 1.14 bits per heavy atom. The smallest absolute Gasteiger partial charge is 0.348 e. The van der Waals surface area contributed by atoms with Crippen molar-refractivity contribution in [3.63, 3.8) is 0 Å². The number of esters is 2. The summed E-state index contributed by atoms with van der Waals surface area (Å²) < 4.78 is 18.4. The molecule has 3 aromatic rings. The van der Waals surface area contributed by atoms with Crippen molar-refractivity contribution in [1.29, 1.82) is 0 Å². The average Bonchev–Trinajstić information content (AvgIpc) is 3.43. The van der Waals surface area contributed by atoms with Crippen LogP contribution in [0.4, 0.5) is 5.00 Å². The number of nitrogens with zero attached hydrogens (tertiary/aromatic N) is 3. The summed E-state index contributed by atoms with van der Waals surface area (Å²) >= 11 is 5.56. The highest BCUT2D eigenvalue weighted by Gasteiger charge is 2.27. The van der Waals surface area contributed by atoms with E-state index < -0.39 is 11.9 Å². The van der Waals surface area contributed by atoms with Crippen LogP contribution in [-0.4, -0.2) is 52.6 Å². The molecule has 0 aliphatic rings. The summed E-state index contributed by atoms with van der Waals surface area (Å²) in [5, 5.41) is 12.0. The molecule has 13 heteroatoms. The molecule has 1 unspecified atom stereocenters. The Hall–Kier alpha value is -2.90. The summed E-state index contributed by atoms with van der Waals surface area (Å²) in [6, 6.07) is 7.49. The number of benzene rings is 1. The third-order valence-electron chi connectivity index (χ3n) is 5.04. The summed E-state index contributed by atoms with van der Waals surface area (Å²) in [4.78, 5) is 37.3. The molecule has 3 rings (SSSR count). The Labute approximate surface area is 224 Å². The minimum absolute atomic E-state index is 0.00516. The molecule has 1 N–H and O–H groups in total. The van der Waals surface area contributed by atoms with Gasteiger partial charge in [0.15, 0.2) is 17.1 Å². The van der Waals surface area contributed by atoms with Crippen molar-refractivity contribution in [3.8, 4) is 5.75 Å². The first kappa shape index (κ1) is 27.7. The van der Waals surface area contributed by atoms with E-state index in [9.17, 15) is 14.4 Å². The van der Waals surface area contributed by atoms with Gasteiger partial charge in [0.1, 0.15) is 15.6 Å². The van der Waals surface area contributed by atoms with Gasteiger partial charge in [-0.05, 0) is 50.6 Å². The lowest BCUT2D eigenvalue weighted by Gasteiger charge is -2.15. The minimum atomic E-state index is -0.656. The fourth-order valence-electron chi connectivity index (χ4n) is 3.30. The molecule has 0 spiro atoms. The highest BCUT2D eigenvalue weighted by atomic mass is 79.9. The number of rotatable bonds is 10. The number of anilines is 1. The van der Waals surface area contributed by atoms with Crippen molar-refractivity contribution in [2.24, 2.45) is 0 Å². The van der Waals surface area contributed by atoms with E-state index >= 15 is 0 Å². The first-order chi connectivity index (χ1) is 17.2. The van der Waals surface area contributed by atoms with Gasteiger partial charge in [0.05, 0.1) is 25.5 Å². The van der Waals surface area contributed by atoms with Crippen LogP contribution in [0.2, 0.25) is 0 Å². The van der Waals surface area contributed by atoms with E-state index in [1.54, 1.807) is 6.92 Å². The van der Waals surface area contributed by atoms with Crippen LogP contribution in [0.15, 0.2) is 33.9 Å². The van der Waals surface area contributed by atoms with Crippen molar-refractivity contribution in [1.82, 2.24) is 14.8 Å². The van der Waals surface area contributed by atoms with Gasteiger partial charge >= 0.3 is 11.9 Å². The molecule has 1 aromatic carbocycles. The molecule has 0 saturated carbocycles. The van der Waals surface area contributed by atoms with Gasteiger partial charge in [-0.1, -0.05) is 27.7 Å². The van der Waals surface area contributed by atoms with Crippen LogP contribution >= 0.6 is 39.0 Å². The van der Waals surface area contributed by atoms with Gasteiger partial charge in [-0.15, -0.1) is 21.5 Å². The average molecular weight is 598 g/mol. The van der Waals surface area contributed by atoms with E-state index in [1.165, 1.54) is 26.0 Å². The highest BCUT2D eigenvalue weighted by Crippen LogP contribution is 2.34. The van der Waals surface area contributed by atoms with E-state index in [2.05, 4.69) is 31.4 Å². The van der Waals surface area contributed by atoms with Crippen molar-refractivity contribution >= 4 is 61.9 Å². The van der Waals surface area contributed by atoms with E-state index in [-0.39, 0.29) is 33.2 Å². The number of amides is 1. The van der Waals surface area contributed by atoms with Gasteiger partial charge in [0.25, 0.3) is 0 Å². The summed E-state index contributed by atoms with van der Waals surface area (Å²) in [5.41, 5.74) is 0.510. The third-order valence-corrected chi connectivity index (χ3v) is 7.73. The maximum absolute atomic E-state index is 12.7. The lowest BCUT2D eigenvalue weighted by Crippen LogP contribution is -2.17. The number of aromatic nitrogens is 3. The number of carbonyl (C=O) groups is 3. The van der Waals surface area contributed by atoms with Crippen LogP contribution in [0.25, 0.3) is 0 Å². The minimum Gasteiger partial charge on any atom is -0.483 e. The third kappa shape index (κ3) is 6.26. The topological polar surface area (TPSA) is 122 Å². The number of thioether (sulfide) groups is 1. The number of nitrogens with one attached hydrogen (secondary N) is 1. The second-order valence-electron chi connectivity index (χ2n) is 7.38. The number of hydrogen-bond donors (Lipinski definition) is 1. The molecule has 0 aliphatic carbocycles. The lowest BCUT2D eigenvalue weighted by molar-refractivity contribution is -0.113. The van der Waals surface area contributed by atoms with Crippen molar-refractivity contribution in [3.05, 3.63) is 50.6 Å². The second-order valence-corrected chi connectivity index (χ2v) is 10.3. The predicted molar refractivity (Wildman–Crippen MR) is 140 cm³/mol. The van der Waals surface area contributed by atoms with Crippen LogP contribution in [0.1, 0.15) is 51.4 Å². The number of hydrogen-bond acceptors (Lipinski definition) is 10. The molecular formula is C23H25BrN4O6S2. The first-order valence-corrected chi connectivity index (χ1v) is 13.4. The molecule has 1 atom stereocenters. The van der Waals surface area contributed by atoms with Gasteiger partial charge in [0, 0.05) is 11.0 Å². The second kappa shape index (κ2) is 12.4. The van der Waals surface area contributed by atoms with Crippen molar-refractivity contribution in [2.45, 2.75) is 38.6 Å². The zero-order valence-electron chi connectivity index (χ0n) is 20.3.